The number of aromatic nitrogens is 1. The van der Waals surface area contributed by atoms with E-state index in [4.69, 9.17) is 4.42 Å². The fourth-order valence-electron chi connectivity index (χ4n) is 4.46. The molecule has 1 amide bonds. The van der Waals surface area contributed by atoms with Crippen LogP contribution in [0.2, 0.25) is 0 Å². The predicted octanol–water partition coefficient (Wildman–Crippen LogP) is 5.30. The van der Waals surface area contributed by atoms with Gasteiger partial charge in [0.25, 0.3) is 0 Å². The summed E-state index contributed by atoms with van der Waals surface area (Å²) in [5.41, 5.74) is 2.90. The number of amides is 1. The third-order valence-corrected chi connectivity index (χ3v) is 6.36. The smallest absolute Gasteiger partial charge is 0.223 e. The van der Waals surface area contributed by atoms with Crippen LogP contribution in [0.1, 0.15) is 54.9 Å². The second-order valence-electron chi connectivity index (χ2n) is 9.48. The van der Waals surface area contributed by atoms with Gasteiger partial charge in [-0.1, -0.05) is 38.1 Å². The van der Waals surface area contributed by atoms with Crippen molar-refractivity contribution < 1.29 is 19.1 Å². The van der Waals surface area contributed by atoms with Gasteiger partial charge in [-0.2, -0.15) is 0 Å². The third kappa shape index (κ3) is 5.93. The van der Waals surface area contributed by atoms with Crippen molar-refractivity contribution in [2.24, 2.45) is 11.8 Å². The average molecular weight is 461 g/mol. The van der Waals surface area contributed by atoms with Crippen molar-refractivity contribution in [3.05, 3.63) is 71.7 Å². The molecule has 6 nitrogen and oxygen atoms in total. The molecule has 0 bridgehead atoms. The molecule has 1 fully saturated rings. The van der Waals surface area contributed by atoms with Crippen molar-refractivity contribution in [1.82, 2.24) is 9.88 Å². The second-order valence-corrected chi connectivity index (χ2v) is 9.48. The van der Waals surface area contributed by atoms with Gasteiger partial charge in [0.2, 0.25) is 5.91 Å². The minimum Gasteiger partial charge on any atom is -0.508 e. The number of ketones is 1. The van der Waals surface area contributed by atoms with Gasteiger partial charge in [0.15, 0.2) is 17.4 Å². The van der Waals surface area contributed by atoms with Crippen LogP contribution in [-0.4, -0.2) is 39.8 Å². The zero-order chi connectivity index (χ0) is 24.1. The Morgan fingerprint density at radius 3 is 2.38 bits per heavy atom. The summed E-state index contributed by atoms with van der Waals surface area (Å²) >= 11 is 0. The van der Waals surface area contributed by atoms with Crippen LogP contribution in [0, 0.1) is 11.8 Å². The van der Waals surface area contributed by atoms with E-state index in [1.54, 1.807) is 18.3 Å². The zero-order valence-electron chi connectivity index (χ0n) is 19.9. The fraction of sp³-hybridized carbons (Fsp3) is 0.393. The highest BCUT2D eigenvalue weighted by atomic mass is 16.4. The number of carbonyl (C=O) groups excluding carboxylic acids is 2. The number of aromatic hydroxyl groups is 1. The maximum atomic E-state index is 12.7. The quantitative estimate of drug-likeness (QED) is 0.461. The van der Waals surface area contributed by atoms with Gasteiger partial charge in [-0.05, 0) is 55.0 Å². The van der Waals surface area contributed by atoms with E-state index < -0.39 is 0 Å². The molecule has 0 radical (unpaired) electrons. The van der Waals surface area contributed by atoms with E-state index in [1.807, 2.05) is 4.90 Å². The Morgan fingerprint density at radius 1 is 1.06 bits per heavy atom. The van der Waals surface area contributed by atoms with E-state index in [-0.39, 0.29) is 23.4 Å². The van der Waals surface area contributed by atoms with Gasteiger partial charge in [0.1, 0.15) is 5.75 Å². The Hall–Kier alpha value is -3.41. The normalized spacial score (nSPS) is 14.5. The number of hydrogen-bond acceptors (Lipinski definition) is 5. The first-order valence-electron chi connectivity index (χ1n) is 12.0. The number of phenols is 1. The minimum absolute atomic E-state index is 0.0633. The van der Waals surface area contributed by atoms with Crippen molar-refractivity contribution in [3.8, 4) is 17.1 Å². The van der Waals surface area contributed by atoms with E-state index in [0.717, 1.165) is 12.0 Å². The number of piperidine rings is 1. The lowest BCUT2D eigenvalue weighted by Gasteiger charge is -2.31. The molecule has 2 heterocycles. The molecule has 0 aliphatic carbocycles. The van der Waals surface area contributed by atoms with Gasteiger partial charge >= 0.3 is 0 Å². The molecule has 0 unspecified atom stereocenters. The Kier molecular flexibility index (Phi) is 7.46. The van der Waals surface area contributed by atoms with E-state index >= 15 is 0 Å². The molecule has 0 atom stereocenters. The molecule has 0 spiro atoms. The number of phenolic OH excluding ortho intramolecular Hbond substituents is 1. The van der Waals surface area contributed by atoms with E-state index in [9.17, 15) is 14.7 Å². The van der Waals surface area contributed by atoms with Gasteiger partial charge in [-0.25, -0.2) is 4.98 Å². The second kappa shape index (κ2) is 10.7. The molecular formula is C28H32N2O4. The third-order valence-electron chi connectivity index (χ3n) is 6.36. The highest BCUT2D eigenvalue weighted by molar-refractivity contribution is 5.98. The number of carbonyl (C=O) groups is 2. The van der Waals surface area contributed by atoms with Crippen molar-refractivity contribution in [1.29, 1.82) is 0 Å². The number of rotatable bonds is 8. The summed E-state index contributed by atoms with van der Waals surface area (Å²) in [7, 11) is 0. The number of aryl methyl sites for hydroxylation is 1. The minimum atomic E-state index is -0.0881. The summed E-state index contributed by atoms with van der Waals surface area (Å²) in [6.07, 6.45) is 4.87. The molecule has 0 saturated carbocycles. The van der Waals surface area contributed by atoms with Gasteiger partial charge < -0.3 is 14.4 Å². The summed E-state index contributed by atoms with van der Waals surface area (Å²) in [5, 5.41) is 9.41. The van der Waals surface area contributed by atoms with E-state index in [1.165, 1.54) is 17.7 Å². The van der Waals surface area contributed by atoms with Crippen molar-refractivity contribution in [2.75, 3.05) is 13.1 Å². The Labute approximate surface area is 200 Å². The summed E-state index contributed by atoms with van der Waals surface area (Å²) in [6, 6.07) is 14.7. The molecule has 1 saturated heterocycles. The zero-order valence-corrected chi connectivity index (χ0v) is 19.9. The molecule has 1 aliphatic heterocycles. The largest absolute Gasteiger partial charge is 0.508 e. The number of benzene rings is 2. The molecule has 4 rings (SSSR count). The topological polar surface area (TPSA) is 83.6 Å². The van der Waals surface area contributed by atoms with E-state index in [0.29, 0.717) is 61.9 Å². The van der Waals surface area contributed by atoms with Crippen molar-refractivity contribution in [3.63, 3.8) is 0 Å². The lowest BCUT2D eigenvalue weighted by molar-refractivity contribution is -0.132. The van der Waals surface area contributed by atoms with Crippen LogP contribution in [0.15, 0.2) is 59.1 Å². The Bertz CT molecular complexity index is 1110. The maximum absolute atomic E-state index is 12.7. The summed E-state index contributed by atoms with van der Waals surface area (Å²) in [4.78, 5) is 31.6. The van der Waals surface area contributed by atoms with Crippen LogP contribution in [0.5, 0.6) is 5.75 Å². The molecule has 3 aromatic rings. The SMILES string of the molecule is CC(C)Cc1ccc(-c2cnc(CCC(=O)N3CCC(C(=O)c4ccc(O)cc4)CC3)o2)cc1. The van der Waals surface area contributed by atoms with Crippen LogP contribution in [0.25, 0.3) is 11.3 Å². The van der Waals surface area contributed by atoms with Crippen molar-refractivity contribution in [2.45, 2.75) is 46.0 Å². The van der Waals surface area contributed by atoms with Crippen LogP contribution in [0.3, 0.4) is 0 Å². The first kappa shape index (κ1) is 23.7. The van der Waals surface area contributed by atoms with Gasteiger partial charge in [0, 0.05) is 43.0 Å². The first-order valence-corrected chi connectivity index (χ1v) is 12.0. The molecule has 1 aromatic heterocycles. The predicted molar refractivity (Wildman–Crippen MR) is 131 cm³/mol. The van der Waals surface area contributed by atoms with Gasteiger partial charge in [-0.3, -0.25) is 9.59 Å². The lowest BCUT2D eigenvalue weighted by Crippen LogP contribution is -2.40. The monoisotopic (exact) mass is 460 g/mol. The first-order chi connectivity index (χ1) is 16.4. The lowest BCUT2D eigenvalue weighted by atomic mass is 9.88. The van der Waals surface area contributed by atoms with Gasteiger partial charge in [0.05, 0.1) is 6.20 Å². The molecule has 34 heavy (non-hydrogen) atoms. The maximum Gasteiger partial charge on any atom is 0.223 e. The molecule has 6 heteroatoms. The van der Waals surface area contributed by atoms with Crippen molar-refractivity contribution >= 4 is 11.7 Å². The number of oxazole rings is 1. The highest BCUT2D eigenvalue weighted by Crippen LogP contribution is 2.25. The number of nitrogens with zero attached hydrogens (tertiary/aromatic N) is 2. The molecule has 1 N–H and O–H groups in total. The summed E-state index contributed by atoms with van der Waals surface area (Å²) in [6.45, 7) is 5.56. The molecule has 178 valence electrons. The summed E-state index contributed by atoms with van der Waals surface area (Å²) < 4.78 is 5.89. The highest BCUT2D eigenvalue weighted by Gasteiger charge is 2.28. The van der Waals surface area contributed by atoms with Crippen LogP contribution >= 0.6 is 0 Å². The standard InChI is InChI=1S/C28H32N2O4/c1-19(2)17-20-3-5-21(6-4-20)25-18-29-26(34-25)11-12-27(32)30-15-13-23(14-16-30)28(33)22-7-9-24(31)10-8-22/h3-10,18-19,23,31H,11-17H2,1-2H3. The van der Waals surface area contributed by atoms with E-state index in [2.05, 4.69) is 43.1 Å². The molecule has 2 aromatic carbocycles. The molecule has 1 aliphatic rings. The fourth-order valence-corrected chi connectivity index (χ4v) is 4.46. The van der Waals surface area contributed by atoms with Crippen LogP contribution < -0.4 is 0 Å². The number of Topliss-reactive ketones (excluding diaryl/α,β-unsaturated/α-hetero) is 1. The van der Waals surface area contributed by atoms with Gasteiger partial charge in [-0.15, -0.1) is 0 Å². The number of hydrogen-bond donors (Lipinski definition) is 1. The average Bonchev–Trinajstić information content (AvgIpc) is 3.32. The molecular weight excluding hydrogens is 428 g/mol. The Balaban J connectivity index is 1.25. The van der Waals surface area contributed by atoms with Crippen LogP contribution in [0.4, 0.5) is 0 Å². The Morgan fingerprint density at radius 2 is 1.74 bits per heavy atom. The summed E-state index contributed by atoms with van der Waals surface area (Å²) in [5.74, 6) is 2.10. The number of likely N-dealkylation sites (tertiary alicyclic amines) is 1. The van der Waals surface area contributed by atoms with Crippen LogP contribution in [-0.2, 0) is 17.6 Å².